The zero-order chi connectivity index (χ0) is 8.69. The molecule has 0 saturated heterocycles. The highest BCUT2D eigenvalue weighted by Crippen LogP contribution is 2.02. The van der Waals surface area contributed by atoms with Gasteiger partial charge in [-0.15, -0.1) is 0 Å². The van der Waals surface area contributed by atoms with Crippen LogP contribution >= 0.6 is 0 Å². The van der Waals surface area contributed by atoms with E-state index in [9.17, 15) is 4.79 Å². The van der Waals surface area contributed by atoms with Crippen LogP contribution < -0.4 is 11.1 Å². The Labute approximate surface area is 68.3 Å². The average Bonchev–Trinajstić information content (AvgIpc) is 1.97. The van der Waals surface area contributed by atoms with Gasteiger partial charge in [0.1, 0.15) is 0 Å². The first-order valence-electron chi connectivity index (χ1n) is 4.19. The van der Waals surface area contributed by atoms with Gasteiger partial charge in [0.15, 0.2) is 0 Å². The van der Waals surface area contributed by atoms with Crippen LogP contribution in [0.1, 0.15) is 32.6 Å². The molecule has 3 nitrogen and oxygen atoms in total. The van der Waals surface area contributed by atoms with Gasteiger partial charge >= 0.3 is 0 Å². The first kappa shape index (κ1) is 10.4. The van der Waals surface area contributed by atoms with E-state index in [1.165, 1.54) is 12.8 Å². The molecule has 0 aromatic rings. The minimum Gasteiger partial charge on any atom is -0.368 e. The fourth-order valence-corrected chi connectivity index (χ4v) is 1.03. The molecule has 3 N–H and O–H groups in total. The Hall–Kier alpha value is -0.570. The summed E-state index contributed by atoms with van der Waals surface area (Å²) in [5.74, 6) is -0.247. The van der Waals surface area contributed by atoms with Gasteiger partial charge in [0.25, 0.3) is 0 Å². The number of hydrogen-bond donors (Lipinski definition) is 2. The van der Waals surface area contributed by atoms with Gasteiger partial charge in [-0.05, 0) is 13.5 Å². The molecule has 3 heteroatoms. The maximum atomic E-state index is 10.7. The van der Waals surface area contributed by atoms with Crippen molar-refractivity contribution in [1.82, 2.24) is 5.32 Å². The minimum absolute atomic E-state index is 0.137. The number of carbonyl (C=O) groups is 1. The third-order valence-electron chi connectivity index (χ3n) is 1.79. The monoisotopic (exact) mass is 158 g/mol. The second-order valence-electron chi connectivity index (χ2n) is 2.74. The molecular weight excluding hydrogens is 140 g/mol. The second kappa shape index (κ2) is 6.16. The summed E-state index contributed by atoms with van der Waals surface area (Å²) in [6, 6.07) is -0.137. The lowest BCUT2D eigenvalue weighted by Crippen LogP contribution is -2.38. The predicted molar refractivity (Wildman–Crippen MR) is 46.2 cm³/mol. The number of amides is 1. The predicted octanol–water partition coefficient (Wildman–Crippen LogP) is 0.640. The van der Waals surface area contributed by atoms with Crippen LogP contribution in [-0.4, -0.2) is 19.0 Å². The molecule has 0 aromatic heterocycles. The van der Waals surface area contributed by atoms with Crippen LogP contribution in [0.15, 0.2) is 0 Å². The van der Waals surface area contributed by atoms with E-state index in [1.807, 2.05) is 0 Å². The molecule has 0 aliphatic carbocycles. The van der Waals surface area contributed by atoms with Crippen molar-refractivity contribution in [1.29, 1.82) is 0 Å². The van der Waals surface area contributed by atoms with Crippen molar-refractivity contribution in [3.8, 4) is 0 Å². The highest BCUT2D eigenvalue weighted by molar-refractivity contribution is 5.79. The van der Waals surface area contributed by atoms with Gasteiger partial charge in [0.2, 0.25) is 5.91 Å². The Morgan fingerprint density at radius 1 is 1.55 bits per heavy atom. The van der Waals surface area contributed by atoms with Crippen LogP contribution in [0.2, 0.25) is 0 Å². The zero-order valence-corrected chi connectivity index (χ0v) is 7.39. The standard InChI is InChI=1S/C8H18N2O/c1-3-4-5-6-7(10-2)8(9)11/h7,10H,3-6H2,1-2H3,(H2,9,11)/t7-/m0/s1. The lowest BCUT2D eigenvalue weighted by Gasteiger charge is -2.10. The van der Waals surface area contributed by atoms with Gasteiger partial charge in [-0.3, -0.25) is 4.79 Å². The van der Waals surface area contributed by atoms with E-state index >= 15 is 0 Å². The molecule has 1 atom stereocenters. The Morgan fingerprint density at radius 3 is 2.55 bits per heavy atom. The van der Waals surface area contributed by atoms with Crippen molar-refractivity contribution >= 4 is 5.91 Å². The molecule has 0 rings (SSSR count). The first-order chi connectivity index (χ1) is 5.22. The van der Waals surface area contributed by atoms with Crippen LogP contribution in [0.4, 0.5) is 0 Å². The number of unbranched alkanes of at least 4 members (excludes halogenated alkanes) is 2. The molecule has 0 aliphatic heterocycles. The molecule has 0 heterocycles. The number of rotatable bonds is 6. The molecule has 0 fully saturated rings. The number of likely N-dealkylation sites (N-methyl/N-ethyl adjacent to an activating group) is 1. The topological polar surface area (TPSA) is 55.1 Å². The summed E-state index contributed by atoms with van der Waals surface area (Å²) in [5, 5.41) is 2.89. The maximum absolute atomic E-state index is 10.7. The Balaban J connectivity index is 3.44. The van der Waals surface area contributed by atoms with Crippen molar-refractivity contribution in [2.45, 2.75) is 38.6 Å². The van der Waals surface area contributed by atoms with Gasteiger partial charge in [-0.2, -0.15) is 0 Å². The lowest BCUT2D eigenvalue weighted by molar-refractivity contribution is -0.120. The molecule has 0 unspecified atom stereocenters. The summed E-state index contributed by atoms with van der Waals surface area (Å²) in [5.41, 5.74) is 5.13. The minimum atomic E-state index is -0.247. The number of nitrogens with two attached hydrogens (primary N) is 1. The third-order valence-corrected chi connectivity index (χ3v) is 1.79. The number of hydrogen-bond acceptors (Lipinski definition) is 2. The van der Waals surface area contributed by atoms with Gasteiger partial charge < -0.3 is 11.1 Å². The molecular formula is C8H18N2O. The highest BCUT2D eigenvalue weighted by atomic mass is 16.1. The molecule has 0 bridgehead atoms. The summed E-state index contributed by atoms with van der Waals surface area (Å²) in [4.78, 5) is 10.7. The van der Waals surface area contributed by atoms with E-state index in [0.717, 1.165) is 12.8 Å². The lowest BCUT2D eigenvalue weighted by atomic mass is 10.1. The molecule has 0 spiro atoms. The van der Waals surface area contributed by atoms with Crippen molar-refractivity contribution in [2.75, 3.05) is 7.05 Å². The summed E-state index contributed by atoms with van der Waals surface area (Å²) in [6.45, 7) is 2.14. The number of primary amides is 1. The van der Waals surface area contributed by atoms with E-state index in [4.69, 9.17) is 5.73 Å². The van der Waals surface area contributed by atoms with Gasteiger partial charge in [-0.25, -0.2) is 0 Å². The molecule has 1 amide bonds. The quantitative estimate of drug-likeness (QED) is 0.557. The van der Waals surface area contributed by atoms with Crippen molar-refractivity contribution in [3.05, 3.63) is 0 Å². The summed E-state index contributed by atoms with van der Waals surface area (Å²) in [6.07, 6.45) is 4.28. The van der Waals surface area contributed by atoms with E-state index in [2.05, 4.69) is 12.2 Å². The maximum Gasteiger partial charge on any atom is 0.234 e. The first-order valence-corrected chi connectivity index (χ1v) is 4.19. The SMILES string of the molecule is CCCCC[C@H](NC)C(N)=O. The van der Waals surface area contributed by atoms with Crippen LogP contribution in [0.25, 0.3) is 0 Å². The molecule has 11 heavy (non-hydrogen) atoms. The Bertz CT molecular complexity index is 115. The fourth-order valence-electron chi connectivity index (χ4n) is 1.03. The smallest absolute Gasteiger partial charge is 0.234 e. The van der Waals surface area contributed by atoms with E-state index in [-0.39, 0.29) is 11.9 Å². The Morgan fingerprint density at radius 2 is 2.18 bits per heavy atom. The zero-order valence-electron chi connectivity index (χ0n) is 7.39. The van der Waals surface area contributed by atoms with Crippen LogP contribution in [0.3, 0.4) is 0 Å². The number of nitrogens with one attached hydrogen (secondary N) is 1. The largest absolute Gasteiger partial charge is 0.368 e. The van der Waals surface area contributed by atoms with E-state index < -0.39 is 0 Å². The molecule has 0 aliphatic rings. The van der Waals surface area contributed by atoms with Gasteiger partial charge in [0, 0.05) is 0 Å². The van der Waals surface area contributed by atoms with Crippen LogP contribution in [0, 0.1) is 0 Å². The van der Waals surface area contributed by atoms with Gasteiger partial charge in [-0.1, -0.05) is 26.2 Å². The molecule has 0 saturated carbocycles. The Kier molecular flexibility index (Phi) is 5.84. The molecule has 0 radical (unpaired) electrons. The highest BCUT2D eigenvalue weighted by Gasteiger charge is 2.10. The van der Waals surface area contributed by atoms with Crippen molar-refractivity contribution in [3.63, 3.8) is 0 Å². The van der Waals surface area contributed by atoms with E-state index in [0.29, 0.717) is 0 Å². The fraction of sp³-hybridized carbons (Fsp3) is 0.875. The summed E-state index contributed by atoms with van der Waals surface area (Å²) in [7, 11) is 1.77. The summed E-state index contributed by atoms with van der Waals surface area (Å²) < 4.78 is 0. The van der Waals surface area contributed by atoms with Crippen molar-refractivity contribution < 1.29 is 4.79 Å². The van der Waals surface area contributed by atoms with Crippen molar-refractivity contribution in [2.24, 2.45) is 5.73 Å². The average molecular weight is 158 g/mol. The van der Waals surface area contributed by atoms with Crippen LogP contribution in [-0.2, 0) is 4.79 Å². The third kappa shape index (κ3) is 4.79. The van der Waals surface area contributed by atoms with E-state index in [1.54, 1.807) is 7.05 Å². The molecule has 0 aromatic carbocycles. The van der Waals surface area contributed by atoms with Crippen LogP contribution in [0.5, 0.6) is 0 Å². The second-order valence-corrected chi connectivity index (χ2v) is 2.74. The normalized spacial score (nSPS) is 12.9. The number of carbonyl (C=O) groups excluding carboxylic acids is 1. The molecule has 66 valence electrons. The summed E-state index contributed by atoms with van der Waals surface area (Å²) >= 11 is 0. The van der Waals surface area contributed by atoms with Gasteiger partial charge in [0.05, 0.1) is 6.04 Å².